The third kappa shape index (κ3) is 3.43. The summed E-state index contributed by atoms with van der Waals surface area (Å²) in [7, 11) is 3.68. The smallest absolute Gasteiger partial charge is 0.228 e. The van der Waals surface area contributed by atoms with Gasteiger partial charge in [-0.05, 0) is 44.8 Å². The molecule has 2 saturated heterocycles. The maximum Gasteiger partial charge on any atom is 0.228 e. The second-order valence-corrected chi connectivity index (χ2v) is 6.89. The fourth-order valence-corrected chi connectivity index (χ4v) is 3.97. The van der Waals surface area contributed by atoms with E-state index in [0.29, 0.717) is 12.5 Å². The van der Waals surface area contributed by atoms with Crippen molar-refractivity contribution in [3.05, 3.63) is 18.0 Å². The van der Waals surface area contributed by atoms with Crippen LogP contribution in [-0.2, 0) is 23.1 Å². The van der Waals surface area contributed by atoms with Crippen molar-refractivity contribution in [2.24, 2.45) is 12.5 Å². The van der Waals surface area contributed by atoms with Crippen LogP contribution in [0.15, 0.2) is 12.3 Å². The van der Waals surface area contributed by atoms with Crippen LogP contribution in [0, 0.1) is 5.41 Å². The standard InChI is InChI=1S/C17H28N4O2/c1-19-15(4-8-18-19)14-20-9-3-5-17(6-10-20)7-11-21(16(17)22)12-13-23-2/h4,8H,3,5-7,9-14H2,1-2H3/t17-/m0/s1. The van der Waals surface area contributed by atoms with Gasteiger partial charge in [-0.15, -0.1) is 0 Å². The van der Waals surface area contributed by atoms with E-state index < -0.39 is 0 Å². The monoisotopic (exact) mass is 320 g/mol. The molecular weight excluding hydrogens is 292 g/mol. The van der Waals surface area contributed by atoms with Gasteiger partial charge in [-0.3, -0.25) is 14.4 Å². The molecule has 0 radical (unpaired) electrons. The molecule has 3 heterocycles. The second-order valence-electron chi connectivity index (χ2n) is 6.89. The molecule has 0 unspecified atom stereocenters. The molecule has 6 heteroatoms. The Morgan fingerprint density at radius 3 is 2.83 bits per heavy atom. The Balaban J connectivity index is 1.60. The summed E-state index contributed by atoms with van der Waals surface area (Å²) < 4.78 is 7.07. The Morgan fingerprint density at radius 2 is 2.09 bits per heavy atom. The van der Waals surface area contributed by atoms with Crippen LogP contribution in [-0.4, -0.2) is 65.4 Å². The summed E-state index contributed by atoms with van der Waals surface area (Å²) in [5, 5.41) is 4.24. The second kappa shape index (κ2) is 7.01. The molecule has 0 aromatic carbocycles. The molecule has 0 bridgehead atoms. The molecule has 2 aliphatic rings. The van der Waals surface area contributed by atoms with Gasteiger partial charge >= 0.3 is 0 Å². The molecule has 2 fully saturated rings. The van der Waals surface area contributed by atoms with Crippen molar-refractivity contribution in [1.29, 1.82) is 0 Å². The van der Waals surface area contributed by atoms with Gasteiger partial charge in [0.05, 0.1) is 17.7 Å². The Bertz CT molecular complexity index is 544. The van der Waals surface area contributed by atoms with Crippen LogP contribution < -0.4 is 0 Å². The summed E-state index contributed by atoms with van der Waals surface area (Å²) in [5.41, 5.74) is 1.12. The Hall–Kier alpha value is -1.40. The zero-order valence-corrected chi connectivity index (χ0v) is 14.3. The lowest BCUT2D eigenvalue weighted by molar-refractivity contribution is -0.137. The number of carbonyl (C=O) groups is 1. The van der Waals surface area contributed by atoms with E-state index in [1.165, 1.54) is 5.69 Å². The fraction of sp³-hybridized carbons (Fsp3) is 0.765. The van der Waals surface area contributed by atoms with E-state index in [1.807, 2.05) is 22.8 Å². The SMILES string of the molecule is COCCN1CC[C@@]2(CCCN(Cc3ccnn3C)CC2)C1=O. The van der Waals surface area contributed by atoms with Crippen LogP contribution in [0.25, 0.3) is 0 Å². The normalized spacial score (nSPS) is 26.2. The van der Waals surface area contributed by atoms with E-state index in [1.54, 1.807) is 7.11 Å². The van der Waals surface area contributed by atoms with Gasteiger partial charge < -0.3 is 9.64 Å². The molecule has 128 valence electrons. The lowest BCUT2D eigenvalue weighted by Gasteiger charge is -2.26. The minimum Gasteiger partial charge on any atom is -0.383 e. The summed E-state index contributed by atoms with van der Waals surface area (Å²) in [6.07, 6.45) is 5.96. The summed E-state index contributed by atoms with van der Waals surface area (Å²) in [5.74, 6) is 0.358. The number of nitrogens with zero attached hydrogens (tertiary/aromatic N) is 4. The van der Waals surface area contributed by atoms with Gasteiger partial charge in [-0.2, -0.15) is 5.10 Å². The Labute approximate surface area is 138 Å². The lowest BCUT2D eigenvalue weighted by Crippen LogP contribution is -2.37. The van der Waals surface area contributed by atoms with Crippen LogP contribution in [0.2, 0.25) is 0 Å². The summed E-state index contributed by atoms with van der Waals surface area (Å²) in [6.45, 7) is 5.25. The highest BCUT2D eigenvalue weighted by Crippen LogP contribution is 2.41. The first-order valence-corrected chi connectivity index (χ1v) is 8.62. The van der Waals surface area contributed by atoms with E-state index in [9.17, 15) is 4.79 Å². The minimum atomic E-state index is -0.116. The Kier molecular flexibility index (Phi) is 5.02. The zero-order valence-electron chi connectivity index (χ0n) is 14.3. The van der Waals surface area contributed by atoms with Crippen molar-refractivity contribution in [3.8, 4) is 0 Å². The molecular formula is C17H28N4O2. The van der Waals surface area contributed by atoms with Gasteiger partial charge in [0, 0.05) is 40.0 Å². The number of hydrogen-bond donors (Lipinski definition) is 0. The molecule has 23 heavy (non-hydrogen) atoms. The molecule has 2 aliphatic heterocycles. The summed E-state index contributed by atoms with van der Waals surface area (Å²) in [6, 6.07) is 2.08. The van der Waals surface area contributed by atoms with Gasteiger partial charge in [-0.25, -0.2) is 0 Å². The lowest BCUT2D eigenvalue weighted by atomic mass is 9.79. The van der Waals surface area contributed by atoms with Crippen LogP contribution in [0.3, 0.4) is 0 Å². The van der Waals surface area contributed by atoms with E-state index in [-0.39, 0.29) is 5.41 Å². The minimum absolute atomic E-state index is 0.116. The number of likely N-dealkylation sites (tertiary alicyclic amines) is 2. The molecule has 0 N–H and O–H groups in total. The number of methoxy groups -OCH3 is 1. The third-order valence-electron chi connectivity index (χ3n) is 5.51. The zero-order chi connectivity index (χ0) is 16.3. The van der Waals surface area contributed by atoms with Gasteiger partial charge in [-0.1, -0.05) is 0 Å². The van der Waals surface area contributed by atoms with E-state index in [0.717, 1.165) is 58.4 Å². The van der Waals surface area contributed by atoms with Crippen LogP contribution in [0.5, 0.6) is 0 Å². The first kappa shape index (κ1) is 16.5. The van der Waals surface area contributed by atoms with Crippen molar-refractivity contribution in [2.45, 2.75) is 32.2 Å². The molecule has 0 aliphatic carbocycles. The topological polar surface area (TPSA) is 50.6 Å². The van der Waals surface area contributed by atoms with Crippen LogP contribution >= 0.6 is 0 Å². The Morgan fingerprint density at radius 1 is 1.26 bits per heavy atom. The van der Waals surface area contributed by atoms with Crippen molar-refractivity contribution in [2.75, 3.05) is 39.9 Å². The average molecular weight is 320 g/mol. The predicted molar refractivity (Wildman–Crippen MR) is 87.8 cm³/mol. The molecule has 1 aromatic rings. The molecule has 1 atom stereocenters. The number of carbonyl (C=O) groups excluding carboxylic acids is 1. The van der Waals surface area contributed by atoms with Gasteiger partial charge in [0.2, 0.25) is 5.91 Å². The third-order valence-corrected chi connectivity index (χ3v) is 5.51. The first-order chi connectivity index (χ1) is 11.1. The predicted octanol–water partition coefficient (Wildman–Crippen LogP) is 1.27. The summed E-state index contributed by atoms with van der Waals surface area (Å²) in [4.78, 5) is 17.3. The largest absolute Gasteiger partial charge is 0.383 e. The van der Waals surface area contributed by atoms with Crippen molar-refractivity contribution in [3.63, 3.8) is 0 Å². The van der Waals surface area contributed by atoms with Crippen molar-refractivity contribution in [1.82, 2.24) is 19.6 Å². The molecule has 0 saturated carbocycles. The number of aryl methyl sites for hydroxylation is 1. The maximum absolute atomic E-state index is 12.9. The molecule has 1 spiro atoms. The first-order valence-electron chi connectivity index (χ1n) is 8.62. The van der Waals surface area contributed by atoms with Gasteiger partial charge in [0.15, 0.2) is 0 Å². The van der Waals surface area contributed by atoms with E-state index in [2.05, 4.69) is 16.1 Å². The molecule has 1 aromatic heterocycles. The van der Waals surface area contributed by atoms with E-state index >= 15 is 0 Å². The van der Waals surface area contributed by atoms with Crippen molar-refractivity contribution >= 4 is 5.91 Å². The highest BCUT2D eigenvalue weighted by Gasteiger charge is 2.46. The van der Waals surface area contributed by atoms with Crippen LogP contribution in [0.4, 0.5) is 0 Å². The number of ether oxygens (including phenoxy) is 1. The summed E-state index contributed by atoms with van der Waals surface area (Å²) >= 11 is 0. The highest BCUT2D eigenvalue weighted by atomic mass is 16.5. The molecule has 3 rings (SSSR count). The number of hydrogen-bond acceptors (Lipinski definition) is 4. The number of rotatable bonds is 5. The maximum atomic E-state index is 12.9. The number of aromatic nitrogens is 2. The molecule has 6 nitrogen and oxygen atoms in total. The average Bonchev–Trinajstić information content (AvgIpc) is 2.99. The van der Waals surface area contributed by atoms with Crippen LogP contribution in [0.1, 0.15) is 31.4 Å². The molecule has 1 amide bonds. The van der Waals surface area contributed by atoms with Crippen molar-refractivity contribution < 1.29 is 9.53 Å². The quantitative estimate of drug-likeness (QED) is 0.820. The fourth-order valence-electron chi connectivity index (χ4n) is 3.97. The van der Waals surface area contributed by atoms with Gasteiger partial charge in [0.1, 0.15) is 0 Å². The van der Waals surface area contributed by atoms with E-state index in [4.69, 9.17) is 4.74 Å². The highest BCUT2D eigenvalue weighted by molar-refractivity contribution is 5.84. The van der Waals surface area contributed by atoms with Gasteiger partial charge in [0.25, 0.3) is 0 Å². The number of amides is 1.